The van der Waals surface area contributed by atoms with Gasteiger partial charge in [0.05, 0.1) is 13.7 Å². The normalized spacial score (nSPS) is 13.8. The summed E-state index contributed by atoms with van der Waals surface area (Å²) in [4.78, 5) is 4.46. The number of hydrogen-bond acceptors (Lipinski definition) is 3. The van der Waals surface area contributed by atoms with Crippen molar-refractivity contribution in [1.29, 1.82) is 0 Å². The van der Waals surface area contributed by atoms with Crippen LogP contribution in [0.15, 0.2) is 47.5 Å². The zero-order valence-corrected chi connectivity index (χ0v) is 11.7. The minimum Gasteiger partial charge on any atom is -0.497 e. The lowest BCUT2D eigenvalue weighted by Gasteiger charge is -2.13. The highest BCUT2D eigenvalue weighted by Gasteiger charge is 2.17. The predicted molar refractivity (Wildman–Crippen MR) is 80.5 cm³/mol. The first-order valence-corrected chi connectivity index (χ1v) is 6.71. The van der Waals surface area contributed by atoms with Crippen LogP contribution in [-0.4, -0.2) is 26.2 Å². The van der Waals surface area contributed by atoms with Gasteiger partial charge in [-0.05, 0) is 35.7 Å². The van der Waals surface area contributed by atoms with E-state index in [0.717, 1.165) is 34.9 Å². The van der Waals surface area contributed by atoms with Gasteiger partial charge in [-0.25, -0.2) is 4.99 Å². The first kappa shape index (κ1) is 12.7. The smallest absolute Gasteiger partial charge is 0.217 e. The number of rotatable bonds is 3. The molecular weight excluding hydrogens is 250 g/mol. The van der Waals surface area contributed by atoms with E-state index in [2.05, 4.69) is 42.2 Å². The molecule has 1 heterocycles. The molecule has 0 spiro atoms. The van der Waals surface area contributed by atoms with Crippen molar-refractivity contribution in [1.82, 2.24) is 0 Å². The average Bonchev–Trinajstić information content (AvgIpc) is 3.01. The van der Waals surface area contributed by atoms with Crippen LogP contribution in [0.1, 0.15) is 11.1 Å². The molecule has 3 nitrogen and oxygen atoms in total. The summed E-state index contributed by atoms with van der Waals surface area (Å²) in [7, 11) is 1.67. The summed E-state index contributed by atoms with van der Waals surface area (Å²) in [6.45, 7) is 3.50. The summed E-state index contributed by atoms with van der Waals surface area (Å²) in [5, 5.41) is 0. The maximum absolute atomic E-state index is 5.65. The molecule has 1 aliphatic rings. The van der Waals surface area contributed by atoms with E-state index in [1.165, 1.54) is 5.56 Å². The summed E-state index contributed by atoms with van der Waals surface area (Å²) in [6.07, 6.45) is 0. The largest absolute Gasteiger partial charge is 0.497 e. The quantitative estimate of drug-likeness (QED) is 0.852. The number of aliphatic imine (C=N–C) groups is 1. The first-order chi connectivity index (χ1) is 9.79. The van der Waals surface area contributed by atoms with Crippen molar-refractivity contribution in [2.75, 3.05) is 20.3 Å². The van der Waals surface area contributed by atoms with E-state index in [0.29, 0.717) is 6.61 Å². The molecule has 0 atom stereocenters. The number of hydrogen-bond donors (Lipinski definition) is 0. The van der Waals surface area contributed by atoms with E-state index in [1.807, 2.05) is 12.1 Å². The van der Waals surface area contributed by atoms with E-state index in [1.54, 1.807) is 7.11 Å². The van der Waals surface area contributed by atoms with Crippen molar-refractivity contribution in [2.45, 2.75) is 6.92 Å². The number of nitrogens with zero attached hydrogens (tertiary/aromatic N) is 1. The first-order valence-electron chi connectivity index (χ1n) is 6.71. The van der Waals surface area contributed by atoms with Gasteiger partial charge in [-0.1, -0.05) is 30.3 Å². The topological polar surface area (TPSA) is 30.8 Å². The van der Waals surface area contributed by atoms with Gasteiger partial charge in [0.1, 0.15) is 12.4 Å². The molecule has 1 aliphatic heterocycles. The van der Waals surface area contributed by atoms with Crippen LogP contribution < -0.4 is 4.74 Å². The van der Waals surface area contributed by atoms with Crippen LogP contribution in [0, 0.1) is 6.92 Å². The molecule has 0 fully saturated rings. The Morgan fingerprint density at radius 1 is 1.10 bits per heavy atom. The second-order valence-corrected chi connectivity index (χ2v) is 4.76. The number of methoxy groups -OCH3 is 1. The van der Waals surface area contributed by atoms with Gasteiger partial charge in [0.25, 0.3) is 0 Å². The van der Waals surface area contributed by atoms with Gasteiger partial charge in [0.15, 0.2) is 0 Å². The van der Waals surface area contributed by atoms with Gasteiger partial charge < -0.3 is 9.47 Å². The molecule has 0 aliphatic carbocycles. The van der Waals surface area contributed by atoms with Gasteiger partial charge in [-0.3, -0.25) is 0 Å². The van der Waals surface area contributed by atoms with Crippen LogP contribution in [0.2, 0.25) is 0 Å². The second-order valence-electron chi connectivity index (χ2n) is 4.76. The fourth-order valence-corrected chi connectivity index (χ4v) is 2.45. The minimum atomic E-state index is 0.672. The molecule has 0 saturated carbocycles. The monoisotopic (exact) mass is 267 g/mol. The Kier molecular flexibility index (Phi) is 3.42. The Morgan fingerprint density at radius 3 is 2.55 bits per heavy atom. The van der Waals surface area contributed by atoms with Crippen LogP contribution in [0.5, 0.6) is 5.75 Å². The van der Waals surface area contributed by atoms with Crippen molar-refractivity contribution in [2.24, 2.45) is 4.99 Å². The lowest BCUT2D eigenvalue weighted by Crippen LogP contribution is -2.06. The van der Waals surface area contributed by atoms with E-state index < -0.39 is 0 Å². The second kappa shape index (κ2) is 5.37. The maximum atomic E-state index is 5.65. The highest BCUT2D eigenvalue weighted by atomic mass is 16.5. The molecule has 0 bridgehead atoms. The van der Waals surface area contributed by atoms with E-state index in [-0.39, 0.29) is 0 Å². The predicted octanol–water partition coefficient (Wildman–Crippen LogP) is 3.45. The zero-order chi connectivity index (χ0) is 13.9. The standard InChI is InChI=1S/C17H17NO2/c1-12-4-3-5-15(16(12)17-18-10-11-20-17)13-6-8-14(19-2)9-7-13/h3-9H,10-11H2,1-2H3. The molecular formula is C17H17NO2. The zero-order valence-electron chi connectivity index (χ0n) is 11.7. The molecule has 3 rings (SSSR count). The summed E-state index contributed by atoms with van der Waals surface area (Å²) in [5.74, 6) is 1.62. The molecule has 102 valence electrons. The van der Waals surface area contributed by atoms with Gasteiger partial charge in [-0.2, -0.15) is 0 Å². The van der Waals surface area contributed by atoms with E-state index in [9.17, 15) is 0 Å². The summed E-state index contributed by atoms with van der Waals surface area (Å²) in [5.41, 5.74) is 4.56. The van der Waals surface area contributed by atoms with Gasteiger partial charge >= 0.3 is 0 Å². The molecule has 0 saturated heterocycles. The van der Waals surface area contributed by atoms with Crippen LogP contribution in [0.3, 0.4) is 0 Å². The Hall–Kier alpha value is -2.29. The SMILES string of the molecule is COc1ccc(-c2cccc(C)c2C2=NCCO2)cc1. The molecule has 2 aromatic rings. The van der Waals surface area contributed by atoms with Crippen molar-refractivity contribution >= 4 is 5.90 Å². The van der Waals surface area contributed by atoms with Crippen molar-refractivity contribution in [3.8, 4) is 16.9 Å². The maximum Gasteiger partial charge on any atom is 0.217 e. The third-order valence-corrected chi connectivity index (χ3v) is 3.47. The van der Waals surface area contributed by atoms with Crippen LogP contribution in [0.25, 0.3) is 11.1 Å². The Labute approximate surface area is 118 Å². The van der Waals surface area contributed by atoms with Gasteiger partial charge in [0.2, 0.25) is 5.90 Å². The Bertz CT molecular complexity index is 645. The highest BCUT2D eigenvalue weighted by Crippen LogP contribution is 2.29. The summed E-state index contributed by atoms with van der Waals surface area (Å²) in [6, 6.07) is 14.3. The molecule has 0 N–H and O–H groups in total. The molecule has 0 unspecified atom stereocenters. The third-order valence-electron chi connectivity index (χ3n) is 3.47. The van der Waals surface area contributed by atoms with Crippen LogP contribution in [0.4, 0.5) is 0 Å². The highest BCUT2D eigenvalue weighted by molar-refractivity contribution is 6.02. The van der Waals surface area contributed by atoms with Crippen LogP contribution >= 0.6 is 0 Å². The number of aryl methyl sites for hydroxylation is 1. The van der Waals surface area contributed by atoms with E-state index in [4.69, 9.17) is 9.47 Å². The van der Waals surface area contributed by atoms with Crippen LogP contribution in [-0.2, 0) is 4.74 Å². The summed E-state index contributed by atoms with van der Waals surface area (Å²) < 4.78 is 10.9. The number of ether oxygens (including phenoxy) is 2. The lowest BCUT2D eigenvalue weighted by molar-refractivity contribution is 0.348. The fourth-order valence-electron chi connectivity index (χ4n) is 2.45. The number of benzene rings is 2. The van der Waals surface area contributed by atoms with Gasteiger partial charge in [0, 0.05) is 5.56 Å². The molecule has 0 radical (unpaired) electrons. The van der Waals surface area contributed by atoms with Crippen molar-refractivity contribution < 1.29 is 9.47 Å². The Balaban J connectivity index is 2.10. The molecule has 20 heavy (non-hydrogen) atoms. The fraction of sp³-hybridized carbons (Fsp3) is 0.235. The summed E-state index contributed by atoms with van der Waals surface area (Å²) >= 11 is 0. The van der Waals surface area contributed by atoms with Crippen molar-refractivity contribution in [3.05, 3.63) is 53.6 Å². The minimum absolute atomic E-state index is 0.672. The molecule has 0 amide bonds. The lowest BCUT2D eigenvalue weighted by atomic mass is 9.96. The van der Waals surface area contributed by atoms with Gasteiger partial charge in [-0.15, -0.1) is 0 Å². The average molecular weight is 267 g/mol. The van der Waals surface area contributed by atoms with E-state index >= 15 is 0 Å². The molecule has 3 heteroatoms. The third kappa shape index (κ3) is 2.27. The van der Waals surface area contributed by atoms with Crippen molar-refractivity contribution in [3.63, 3.8) is 0 Å². The Morgan fingerprint density at radius 2 is 1.90 bits per heavy atom. The molecule has 2 aromatic carbocycles. The molecule has 0 aromatic heterocycles.